The Balaban J connectivity index is 0.000000353. The molecule has 0 atom stereocenters. The fourth-order valence-corrected chi connectivity index (χ4v) is 17.9. The Labute approximate surface area is 811 Å². The van der Waals surface area contributed by atoms with Crippen LogP contribution in [0.25, 0.3) is 6.08 Å². The van der Waals surface area contributed by atoms with Gasteiger partial charge < -0.3 is 24.3 Å². The van der Waals surface area contributed by atoms with Crippen molar-refractivity contribution in [2.45, 2.75) is 462 Å². The molecule has 0 radical (unpaired) electrons. The summed E-state index contributed by atoms with van der Waals surface area (Å²) in [6.07, 6.45) is 77.6. The molecule has 2 aliphatic heterocycles. The molecule has 1 aliphatic carbocycles. The molecule has 0 spiro atoms. The summed E-state index contributed by atoms with van der Waals surface area (Å²) >= 11 is 0. The molecule has 5 aromatic rings. The highest BCUT2D eigenvalue weighted by molar-refractivity contribution is 6.49. The maximum atomic E-state index is 13.4. The second kappa shape index (κ2) is 70.5. The van der Waals surface area contributed by atoms with E-state index in [1.54, 1.807) is 11.9 Å². The van der Waals surface area contributed by atoms with Gasteiger partial charge in [0.1, 0.15) is 22.9 Å². The van der Waals surface area contributed by atoms with Crippen molar-refractivity contribution in [1.82, 2.24) is 14.9 Å². The number of carbonyl (C=O) groups is 2. The molecule has 3 heterocycles. The zero-order valence-corrected chi connectivity index (χ0v) is 87.5. The number of rotatable bonds is 69. The van der Waals surface area contributed by atoms with Crippen LogP contribution in [0.3, 0.4) is 0 Å². The number of aliphatic imine (C=N–C) groups is 2. The van der Waals surface area contributed by atoms with Crippen LogP contribution in [0, 0.1) is 16.7 Å². The number of ether oxygens (including phenoxy) is 1. The average Bonchev–Trinajstić information content (AvgIpc) is 1.49. The van der Waals surface area contributed by atoms with Crippen LogP contribution in [0.4, 0.5) is 28.4 Å². The molecule has 8 rings (SSSR count). The Bertz CT molecular complexity index is 4110. The number of allylic oxidation sites excluding steroid dienone is 2. The SMILES string of the molecule is CCCCCCCCCCCCC1=CC(=Nc2ccc(N(CCCCCCCC)CCCCCCCC)cc2)c2ccccc2C1=O.CCCCCCCCCCCCN(CCCCCCCCCCCC)c1ccc(N=C2C(C(C)C)=Nn3nc(C(C)(C)C)nc32)c(OC)c1.CCCCCCCCN(CCCCCCCC)c1ccc(C=C2C(=O)ON=C2C(C)(C)C)cc1.N=C=O. The third-order valence-electron chi connectivity index (χ3n) is 26.2. The molecule has 742 valence electrons. The number of isocyanates is 1. The summed E-state index contributed by atoms with van der Waals surface area (Å²) in [5.41, 5.74) is 12.8. The minimum Gasteiger partial charge on any atom is -0.494 e. The molecule has 3 aliphatic rings. The van der Waals surface area contributed by atoms with E-state index in [-0.39, 0.29) is 28.5 Å². The maximum absolute atomic E-state index is 13.4. The number of unbranched alkanes of at least 4 members (excludes halogenated alkanes) is 47. The predicted octanol–water partition coefficient (Wildman–Crippen LogP) is 34.5. The maximum Gasteiger partial charge on any atom is 0.367 e. The molecule has 0 bridgehead atoms. The topological polar surface area (TPSA) is 183 Å². The van der Waals surface area contributed by atoms with Crippen molar-refractivity contribution < 1.29 is 24.0 Å². The molecular weight excluding hydrogens is 1640 g/mol. The first-order valence-electron chi connectivity index (χ1n) is 54.4. The van der Waals surface area contributed by atoms with Gasteiger partial charge in [-0.3, -0.25) is 4.79 Å². The van der Waals surface area contributed by atoms with Crippen molar-refractivity contribution in [3.63, 3.8) is 0 Å². The van der Waals surface area contributed by atoms with Crippen molar-refractivity contribution >= 4 is 75.2 Å². The Morgan fingerprint density at radius 2 is 0.805 bits per heavy atom. The molecule has 0 fully saturated rings. The van der Waals surface area contributed by atoms with Crippen LogP contribution in [0.5, 0.6) is 5.75 Å². The summed E-state index contributed by atoms with van der Waals surface area (Å²) in [5.74, 6) is 2.30. The number of carbonyl (C=O) groups excluding carboxylic acids is 3. The van der Waals surface area contributed by atoms with Crippen molar-refractivity contribution in [2.75, 3.05) is 61.1 Å². The number of hydrogen-bond acceptors (Lipinski definition) is 15. The molecule has 0 saturated heterocycles. The lowest BCUT2D eigenvalue weighted by molar-refractivity contribution is -0.136. The van der Waals surface area contributed by atoms with Crippen molar-refractivity contribution in [1.29, 1.82) is 5.41 Å². The van der Waals surface area contributed by atoms with Crippen LogP contribution in [0.2, 0.25) is 0 Å². The van der Waals surface area contributed by atoms with E-state index in [4.69, 9.17) is 44.9 Å². The Hall–Kier alpha value is -8.10. The van der Waals surface area contributed by atoms with E-state index in [1.165, 1.54) is 357 Å². The second-order valence-corrected chi connectivity index (χ2v) is 40.6. The first kappa shape index (κ1) is 115. The number of aromatic nitrogens is 3. The largest absolute Gasteiger partial charge is 0.494 e. The molecule has 1 aromatic heterocycles. The molecule has 0 unspecified atom stereocenters. The average molecular weight is 1830 g/mol. The van der Waals surface area contributed by atoms with Crippen molar-refractivity contribution in [3.05, 3.63) is 137 Å². The van der Waals surface area contributed by atoms with E-state index in [1.807, 2.05) is 45.0 Å². The van der Waals surface area contributed by atoms with Gasteiger partial charge >= 0.3 is 5.97 Å². The Kier molecular flexibility index (Phi) is 61.2. The summed E-state index contributed by atoms with van der Waals surface area (Å²) in [5, 5.41) is 18.9. The number of nitrogens with zero attached hydrogens (tertiary/aromatic N) is 10. The lowest BCUT2D eigenvalue weighted by Gasteiger charge is -2.26. The van der Waals surface area contributed by atoms with E-state index in [0.717, 1.165) is 121 Å². The van der Waals surface area contributed by atoms with E-state index >= 15 is 0 Å². The highest BCUT2D eigenvalue weighted by atomic mass is 16.7. The van der Waals surface area contributed by atoms with Crippen LogP contribution < -0.4 is 19.4 Å². The number of oxime groups is 1. The van der Waals surface area contributed by atoms with Crippen LogP contribution in [0.1, 0.15) is 490 Å². The van der Waals surface area contributed by atoms with E-state index < -0.39 is 0 Å². The molecule has 4 aromatic carbocycles. The van der Waals surface area contributed by atoms with Gasteiger partial charge in [0.15, 0.2) is 11.6 Å². The standard InChI is InChI=1S/C44H68N2O.C42H72N6O.C30H48N2O2.CHNO/c1-4-7-10-13-16-17-18-19-20-23-28-38-37-43(41-29-24-25-30-42(41)44(38)47)45-39-31-33-40(34-32-39)46(35-26-21-14-11-8-5-2)36-27-22-15-12-9-6-3;1-9-11-13-15-17-19-21-23-25-27-31-47(32-28-26-24-22-20-18-16-14-12-10-2)35-29-30-36(37(33-35)49-8)43-39-38(34(3)4)45-48-40(39)44-41(46-48)42(5,6)7;1-6-8-10-12-14-16-22-32(23-17-15-13-11-9-7-2)26-20-18-25(19-21-26)24-27-28(30(3,4)5)31-34-29(27)33;2-1-3/h24-25,29-34,37H,4-23,26-28,35-36H2,1-3H3;29-30,33-34H,9-28,31-32H2,1-8H3;18-21,24H,6-17,22-23H2,1-5H3;2H. The van der Waals surface area contributed by atoms with Crippen LogP contribution in [0.15, 0.2) is 128 Å². The Morgan fingerprint density at radius 3 is 1.17 bits per heavy atom. The van der Waals surface area contributed by atoms with Crippen molar-refractivity contribution in [2.24, 2.45) is 31.6 Å². The van der Waals surface area contributed by atoms with E-state index in [9.17, 15) is 9.59 Å². The number of benzene rings is 4. The zero-order valence-electron chi connectivity index (χ0n) is 87.5. The van der Waals surface area contributed by atoms with E-state index in [2.05, 4.69) is 182 Å². The number of hydrogen-bond donors (Lipinski definition) is 1. The van der Waals surface area contributed by atoms with Gasteiger partial charge in [-0.2, -0.15) is 5.10 Å². The highest BCUT2D eigenvalue weighted by Gasteiger charge is 2.35. The van der Waals surface area contributed by atoms with Crippen LogP contribution >= 0.6 is 0 Å². The van der Waals surface area contributed by atoms with Crippen LogP contribution in [-0.4, -0.2) is 102 Å². The summed E-state index contributed by atoms with van der Waals surface area (Å²) in [6.45, 7) is 39.5. The van der Waals surface area contributed by atoms with Gasteiger partial charge in [0.05, 0.1) is 29.8 Å². The summed E-state index contributed by atoms with van der Waals surface area (Å²) in [4.78, 5) is 63.5. The van der Waals surface area contributed by atoms with Gasteiger partial charge in [0.25, 0.3) is 0 Å². The monoisotopic (exact) mass is 1830 g/mol. The van der Waals surface area contributed by atoms with Gasteiger partial charge in [-0.25, -0.2) is 30.0 Å². The summed E-state index contributed by atoms with van der Waals surface area (Å²) in [7, 11) is 1.75. The number of anilines is 3. The number of nitrogens with one attached hydrogen (secondary N) is 1. The molecule has 0 saturated carbocycles. The molecule has 16 heteroatoms. The van der Waals surface area contributed by atoms with E-state index in [0.29, 0.717) is 17.1 Å². The smallest absolute Gasteiger partial charge is 0.367 e. The van der Waals surface area contributed by atoms with Gasteiger partial charge in [-0.1, -0.05) is 447 Å². The highest BCUT2D eigenvalue weighted by Crippen LogP contribution is 2.37. The Morgan fingerprint density at radius 1 is 0.451 bits per heavy atom. The van der Waals surface area contributed by atoms with Crippen molar-refractivity contribution in [3.8, 4) is 5.75 Å². The molecule has 16 nitrogen and oxygen atoms in total. The zero-order chi connectivity index (χ0) is 96.4. The number of methoxy groups -OCH3 is 1. The molecular formula is C117H189N11O5. The lowest BCUT2D eigenvalue weighted by Crippen LogP contribution is -2.25. The molecule has 0 amide bonds. The fraction of sp³-hybridized carbons (Fsp3) is 0.684. The minimum atomic E-state index is -0.359. The first-order valence-corrected chi connectivity index (χ1v) is 54.4. The number of fused-ring (bicyclic) bond motifs is 2. The second-order valence-electron chi connectivity index (χ2n) is 40.6. The first-order chi connectivity index (χ1) is 64.6. The fourth-order valence-electron chi connectivity index (χ4n) is 17.9. The lowest BCUT2D eigenvalue weighted by atomic mass is 9.85. The van der Waals surface area contributed by atoms with Gasteiger partial charge in [0.2, 0.25) is 11.9 Å². The minimum absolute atomic E-state index is 0.165. The quantitative estimate of drug-likeness (QED) is 0.0129. The predicted molar refractivity (Wildman–Crippen MR) is 573 cm³/mol. The third kappa shape index (κ3) is 46.5. The molecule has 133 heavy (non-hydrogen) atoms. The normalized spacial score (nSPS) is 13.8. The van der Waals surface area contributed by atoms with Crippen LogP contribution in [-0.2, 0) is 19.8 Å². The molecule has 1 N–H and O–H groups in total. The summed E-state index contributed by atoms with van der Waals surface area (Å²) in [6, 6.07) is 32.1. The van der Waals surface area contributed by atoms with Gasteiger partial charge in [-0.05, 0) is 124 Å². The van der Waals surface area contributed by atoms with Gasteiger partial charge in [0, 0.05) is 89.9 Å². The van der Waals surface area contributed by atoms with Gasteiger partial charge in [-0.15, -0.1) is 9.89 Å². The number of Topliss-reactive ketones (excluding diaryl/α,β-unsaturated/α-hetero) is 1. The third-order valence-corrected chi connectivity index (χ3v) is 26.2. The summed E-state index contributed by atoms with van der Waals surface area (Å²) < 4.78 is 5.98. The number of ketones is 1.